The molecular formula is C20H15N3O. The van der Waals surface area contributed by atoms with Crippen LogP contribution in [0.25, 0.3) is 11.1 Å². The molecule has 0 unspecified atom stereocenters. The first kappa shape index (κ1) is 15.4. The smallest absolute Gasteiger partial charge is 0.258 e. The van der Waals surface area contributed by atoms with Crippen LogP contribution < -0.4 is 4.90 Å². The molecular weight excluding hydrogens is 298 g/mol. The largest absolute Gasteiger partial charge is 0.311 e. The first-order valence-corrected chi connectivity index (χ1v) is 7.49. The number of hydrogen-bond donors (Lipinski definition) is 0. The molecule has 2 aromatic carbocycles. The summed E-state index contributed by atoms with van der Waals surface area (Å²) in [5, 5.41) is 8.95. The molecule has 24 heavy (non-hydrogen) atoms. The van der Waals surface area contributed by atoms with Gasteiger partial charge in [0.1, 0.15) is 11.8 Å². The van der Waals surface area contributed by atoms with Crippen LogP contribution in [-0.2, 0) is 0 Å². The number of amides is 1. The predicted molar refractivity (Wildman–Crippen MR) is 93.6 cm³/mol. The lowest BCUT2D eigenvalue weighted by Gasteiger charge is -2.21. The molecule has 0 N–H and O–H groups in total. The summed E-state index contributed by atoms with van der Waals surface area (Å²) in [7, 11) is 1.73. The first-order chi connectivity index (χ1) is 11.7. The van der Waals surface area contributed by atoms with Gasteiger partial charge < -0.3 is 4.90 Å². The van der Waals surface area contributed by atoms with Gasteiger partial charge in [-0.15, -0.1) is 0 Å². The molecule has 3 rings (SSSR count). The van der Waals surface area contributed by atoms with Gasteiger partial charge in [-0.3, -0.25) is 4.79 Å². The van der Waals surface area contributed by atoms with E-state index in [1.807, 2.05) is 60.7 Å². The van der Waals surface area contributed by atoms with Crippen LogP contribution in [0, 0.1) is 11.3 Å². The van der Waals surface area contributed by atoms with Gasteiger partial charge in [0.2, 0.25) is 0 Å². The van der Waals surface area contributed by atoms with Crippen LogP contribution in [0.15, 0.2) is 72.9 Å². The third-order valence-corrected chi connectivity index (χ3v) is 3.78. The zero-order valence-electron chi connectivity index (χ0n) is 13.2. The van der Waals surface area contributed by atoms with E-state index in [1.54, 1.807) is 18.0 Å². The fraction of sp³-hybridized carbons (Fsp3) is 0.0500. The zero-order valence-corrected chi connectivity index (χ0v) is 13.2. The summed E-state index contributed by atoms with van der Waals surface area (Å²) in [6.45, 7) is 0. The third kappa shape index (κ3) is 3.01. The topological polar surface area (TPSA) is 57.0 Å². The zero-order chi connectivity index (χ0) is 16.9. The highest BCUT2D eigenvalue weighted by Gasteiger charge is 2.17. The maximum Gasteiger partial charge on any atom is 0.258 e. The van der Waals surface area contributed by atoms with Crippen molar-refractivity contribution >= 4 is 11.6 Å². The maximum absolute atomic E-state index is 12.8. The number of benzene rings is 2. The predicted octanol–water partition coefficient (Wildman–Crippen LogP) is 3.90. The van der Waals surface area contributed by atoms with E-state index in [4.69, 9.17) is 5.26 Å². The molecule has 0 aliphatic rings. The lowest BCUT2D eigenvalue weighted by atomic mass is 10.0. The molecule has 0 radical (unpaired) electrons. The van der Waals surface area contributed by atoms with Crippen molar-refractivity contribution < 1.29 is 4.79 Å². The second-order valence-corrected chi connectivity index (χ2v) is 5.29. The average Bonchev–Trinajstić information content (AvgIpc) is 2.67. The summed E-state index contributed by atoms with van der Waals surface area (Å²) >= 11 is 0. The molecule has 0 aliphatic carbocycles. The minimum absolute atomic E-state index is 0.183. The number of anilines is 1. The Kier molecular flexibility index (Phi) is 4.35. The van der Waals surface area contributed by atoms with E-state index in [0.717, 1.165) is 16.8 Å². The highest BCUT2D eigenvalue weighted by atomic mass is 16.2. The van der Waals surface area contributed by atoms with E-state index < -0.39 is 0 Å². The Bertz CT molecular complexity index is 913. The van der Waals surface area contributed by atoms with Crippen molar-refractivity contribution in [1.82, 2.24) is 4.98 Å². The van der Waals surface area contributed by atoms with Crippen LogP contribution in [0.5, 0.6) is 0 Å². The van der Waals surface area contributed by atoms with Gasteiger partial charge in [0.25, 0.3) is 5.91 Å². The molecule has 116 valence electrons. The van der Waals surface area contributed by atoms with Crippen molar-refractivity contribution in [2.75, 3.05) is 11.9 Å². The van der Waals surface area contributed by atoms with Crippen molar-refractivity contribution in [2.24, 2.45) is 0 Å². The number of nitrogens with zero attached hydrogens (tertiary/aromatic N) is 3. The Balaban J connectivity index is 2.00. The van der Waals surface area contributed by atoms with E-state index in [9.17, 15) is 4.79 Å². The number of rotatable bonds is 3. The van der Waals surface area contributed by atoms with E-state index in [1.165, 1.54) is 12.3 Å². The molecule has 1 heterocycles. The molecule has 0 saturated heterocycles. The molecule has 0 bridgehead atoms. The number of para-hydroxylation sites is 1. The number of carbonyl (C=O) groups excluding carboxylic acids is 1. The summed E-state index contributed by atoms with van der Waals surface area (Å²) in [6.07, 6.45) is 1.47. The molecule has 4 nitrogen and oxygen atoms in total. The summed E-state index contributed by atoms with van der Waals surface area (Å²) in [6, 6.07) is 22.7. The van der Waals surface area contributed by atoms with Crippen molar-refractivity contribution in [3.05, 3.63) is 84.2 Å². The quantitative estimate of drug-likeness (QED) is 0.737. The van der Waals surface area contributed by atoms with Gasteiger partial charge in [-0.1, -0.05) is 48.5 Å². The van der Waals surface area contributed by atoms with Gasteiger partial charge >= 0.3 is 0 Å². The fourth-order valence-electron chi connectivity index (χ4n) is 2.56. The Labute approximate surface area is 140 Å². The standard InChI is InChI=1S/C20H15N3O/c1-23(20(24)16-11-12-22-17(13-16)14-21)19-10-6-5-9-18(19)15-7-3-2-4-8-15/h2-13H,1H3. The molecule has 0 atom stereocenters. The summed E-state index contributed by atoms with van der Waals surface area (Å²) in [5.41, 5.74) is 3.49. The number of carbonyl (C=O) groups is 1. The molecule has 4 heteroatoms. The lowest BCUT2D eigenvalue weighted by Crippen LogP contribution is -2.26. The maximum atomic E-state index is 12.8. The van der Waals surface area contributed by atoms with Crippen LogP contribution in [0.2, 0.25) is 0 Å². The molecule has 1 amide bonds. The minimum atomic E-state index is -0.183. The Morgan fingerprint density at radius 3 is 2.50 bits per heavy atom. The third-order valence-electron chi connectivity index (χ3n) is 3.78. The van der Waals surface area contributed by atoms with E-state index in [-0.39, 0.29) is 11.6 Å². The second kappa shape index (κ2) is 6.76. The van der Waals surface area contributed by atoms with E-state index >= 15 is 0 Å². The number of nitriles is 1. The summed E-state index contributed by atoms with van der Waals surface area (Å²) in [4.78, 5) is 18.3. The van der Waals surface area contributed by atoms with Crippen LogP contribution in [0.3, 0.4) is 0 Å². The Morgan fingerprint density at radius 2 is 1.75 bits per heavy atom. The normalized spacial score (nSPS) is 10.0. The monoisotopic (exact) mass is 313 g/mol. The Hall–Kier alpha value is -3.45. The van der Waals surface area contributed by atoms with Gasteiger partial charge in [-0.05, 0) is 23.8 Å². The molecule has 0 aliphatic heterocycles. The van der Waals surface area contributed by atoms with Crippen molar-refractivity contribution in [3.8, 4) is 17.2 Å². The van der Waals surface area contributed by atoms with Gasteiger partial charge in [-0.2, -0.15) is 5.26 Å². The fourth-order valence-corrected chi connectivity index (χ4v) is 2.56. The SMILES string of the molecule is CN(C(=O)c1ccnc(C#N)c1)c1ccccc1-c1ccccc1. The van der Waals surface area contributed by atoms with E-state index in [0.29, 0.717) is 5.56 Å². The van der Waals surface area contributed by atoms with Gasteiger partial charge in [0.15, 0.2) is 0 Å². The molecule has 0 spiro atoms. The van der Waals surface area contributed by atoms with Gasteiger partial charge in [-0.25, -0.2) is 4.98 Å². The highest BCUT2D eigenvalue weighted by molar-refractivity contribution is 6.07. The molecule has 0 saturated carbocycles. The van der Waals surface area contributed by atoms with Crippen LogP contribution >= 0.6 is 0 Å². The molecule has 1 aromatic heterocycles. The van der Waals surface area contributed by atoms with Crippen molar-refractivity contribution in [1.29, 1.82) is 5.26 Å². The lowest BCUT2D eigenvalue weighted by molar-refractivity contribution is 0.0993. The Morgan fingerprint density at radius 1 is 1.04 bits per heavy atom. The van der Waals surface area contributed by atoms with Crippen LogP contribution in [-0.4, -0.2) is 17.9 Å². The number of aromatic nitrogens is 1. The van der Waals surface area contributed by atoms with E-state index in [2.05, 4.69) is 4.98 Å². The van der Waals surface area contributed by atoms with Crippen LogP contribution in [0.1, 0.15) is 16.1 Å². The van der Waals surface area contributed by atoms with Crippen molar-refractivity contribution in [3.63, 3.8) is 0 Å². The summed E-state index contributed by atoms with van der Waals surface area (Å²) in [5.74, 6) is -0.183. The number of hydrogen-bond acceptors (Lipinski definition) is 3. The highest BCUT2D eigenvalue weighted by Crippen LogP contribution is 2.30. The number of pyridine rings is 1. The van der Waals surface area contributed by atoms with Gasteiger partial charge in [0.05, 0.1) is 5.69 Å². The van der Waals surface area contributed by atoms with Crippen molar-refractivity contribution in [2.45, 2.75) is 0 Å². The average molecular weight is 313 g/mol. The van der Waals surface area contributed by atoms with Crippen LogP contribution in [0.4, 0.5) is 5.69 Å². The second-order valence-electron chi connectivity index (χ2n) is 5.29. The van der Waals surface area contributed by atoms with Gasteiger partial charge in [0, 0.05) is 24.4 Å². The summed E-state index contributed by atoms with van der Waals surface area (Å²) < 4.78 is 0. The molecule has 3 aromatic rings. The minimum Gasteiger partial charge on any atom is -0.311 e. The first-order valence-electron chi connectivity index (χ1n) is 7.49. The molecule has 0 fully saturated rings.